The van der Waals surface area contributed by atoms with E-state index in [2.05, 4.69) is 323 Å². The Labute approximate surface area is 466 Å². The van der Waals surface area contributed by atoms with Gasteiger partial charge in [0.05, 0.1) is 22.1 Å². The third-order valence-electron chi connectivity index (χ3n) is 15.6. The summed E-state index contributed by atoms with van der Waals surface area (Å²) in [5.41, 5.74) is 22.6. The van der Waals surface area contributed by atoms with Gasteiger partial charge in [0, 0.05) is 67.0 Å². The third kappa shape index (κ3) is 8.62. The van der Waals surface area contributed by atoms with Gasteiger partial charge in [0.2, 0.25) is 0 Å². The Balaban J connectivity index is 0.829. The molecular formula is C76H54N4. The lowest BCUT2D eigenvalue weighted by Crippen LogP contribution is -2.10. The van der Waals surface area contributed by atoms with E-state index < -0.39 is 0 Å². The Morgan fingerprint density at radius 1 is 0.237 bits per heavy atom. The summed E-state index contributed by atoms with van der Waals surface area (Å²) in [4.78, 5) is 4.73. The summed E-state index contributed by atoms with van der Waals surface area (Å²) in [5, 5.41) is 4.77. The number of anilines is 6. The minimum Gasteiger partial charge on any atom is -0.310 e. The van der Waals surface area contributed by atoms with Gasteiger partial charge in [0.15, 0.2) is 0 Å². The van der Waals surface area contributed by atoms with Gasteiger partial charge >= 0.3 is 0 Å². The molecule has 0 saturated carbocycles. The van der Waals surface area contributed by atoms with E-state index in [0.717, 1.165) is 89.8 Å². The summed E-state index contributed by atoms with van der Waals surface area (Å²) in [5.74, 6) is 0. The van der Waals surface area contributed by atoms with Crippen LogP contribution in [0.15, 0.2) is 304 Å². The molecule has 0 N–H and O–H groups in total. The first-order valence-corrected chi connectivity index (χ1v) is 27.2. The Morgan fingerprint density at radius 2 is 0.500 bits per heavy atom. The van der Waals surface area contributed by atoms with Crippen molar-refractivity contribution in [1.29, 1.82) is 0 Å². The average Bonchev–Trinajstić information content (AvgIpc) is 4.15. The summed E-state index contributed by atoms with van der Waals surface area (Å²) < 4.78 is 4.77. The van der Waals surface area contributed by atoms with Gasteiger partial charge in [0.1, 0.15) is 0 Å². The number of aromatic nitrogens is 2. The van der Waals surface area contributed by atoms with E-state index in [4.69, 9.17) is 0 Å². The number of hydrogen-bond acceptors (Lipinski definition) is 2. The topological polar surface area (TPSA) is 16.3 Å². The summed E-state index contributed by atoms with van der Waals surface area (Å²) >= 11 is 0. The molecule has 0 saturated heterocycles. The molecule has 0 aliphatic carbocycles. The lowest BCUT2D eigenvalue weighted by molar-refractivity contribution is 1.18. The zero-order chi connectivity index (χ0) is 53.5. The Bertz CT molecular complexity index is 4260. The maximum atomic E-state index is 3.97. The van der Waals surface area contributed by atoms with Crippen LogP contribution in [0.2, 0.25) is 0 Å². The highest BCUT2D eigenvalue weighted by Crippen LogP contribution is 2.44. The first-order valence-electron chi connectivity index (χ1n) is 27.2. The van der Waals surface area contributed by atoms with Crippen LogP contribution in [0, 0.1) is 0 Å². The molecule has 0 unspecified atom stereocenters. The molecule has 0 radical (unpaired) electrons. The molecule has 0 bridgehead atoms. The smallest absolute Gasteiger partial charge is 0.0542 e. The quantitative estimate of drug-likeness (QED) is 0.114. The van der Waals surface area contributed by atoms with Gasteiger partial charge in [-0.3, -0.25) is 0 Å². The molecule has 14 rings (SSSR count). The van der Waals surface area contributed by atoms with Crippen molar-refractivity contribution in [3.05, 3.63) is 315 Å². The molecule has 0 atom stereocenters. The van der Waals surface area contributed by atoms with Crippen molar-refractivity contribution >= 4 is 89.9 Å². The zero-order valence-corrected chi connectivity index (χ0v) is 44.1. The Hall–Kier alpha value is -10.7. The number of fused-ring (bicyclic) bond motifs is 6. The molecule has 0 aliphatic heterocycles. The molecule has 14 aromatic rings. The van der Waals surface area contributed by atoms with Crippen molar-refractivity contribution in [3.63, 3.8) is 0 Å². The molecule has 0 amide bonds. The zero-order valence-electron chi connectivity index (χ0n) is 44.1. The van der Waals surface area contributed by atoms with Crippen LogP contribution >= 0.6 is 0 Å². The second-order valence-corrected chi connectivity index (χ2v) is 20.3. The van der Waals surface area contributed by atoms with Gasteiger partial charge in [-0.05, 0) is 178 Å². The predicted molar refractivity (Wildman–Crippen MR) is 341 cm³/mol. The van der Waals surface area contributed by atoms with Crippen molar-refractivity contribution < 1.29 is 0 Å². The molecule has 0 fully saturated rings. The Kier molecular flexibility index (Phi) is 12.2. The number of rotatable bonds is 13. The number of nitrogens with zero attached hydrogens (tertiary/aromatic N) is 4. The average molecular weight is 1020 g/mol. The van der Waals surface area contributed by atoms with Crippen LogP contribution in [0.3, 0.4) is 0 Å². The lowest BCUT2D eigenvalue weighted by atomic mass is 10.0. The van der Waals surface area contributed by atoms with Crippen LogP contribution in [-0.2, 0) is 0 Å². The number of para-hydroxylation sites is 4. The highest BCUT2D eigenvalue weighted by molar-refractivity contribution is 6.13. The van der Waals surface area contributed by atoms with Gasteiger partial charge in [-0.1, -0.05) is 183 Å². The summed E-state index contributed by atoms with van der Waals surface area (Å²) in [6.45, 7) is 7.94. The van der Waals surface area contributed by atoms with Gasteiger partial charge < -0.3 is 18.9 Å². The number of benzene rings is 12. The van der Waals surface area contributed by atoms with E-state index in [0.29, 0.717) is 0 Å². The summed E-state index contributed by atoms with van der Waals surface area (Å²) in [6.07, 6.45) is 3.78. The van der Waals surface area contributed by atoms with Crippen LogP contribution in [0.5, 0.6) is 0 Å². The summed E-state index contributed by atoms with van der Waals surface area (Å²) in [6, 6.07) is 105. The first kappa shape index (κ1) is 47.7. The van der Waals surface area contributed by atoms with Crippen molar-refractivity contribution in [2.24, 2.45) is 0 Å². The van der Waals surface area contributed by atoms with E-state index in [-0.39, 0.29) is 0 Å². The molecular weight excluding hydrogens is 969 g/mol. The molecule has 0 aliphatic rings. The molecule has 2 heterocycles. The SMILES string of the molecule is C=Cc1ccc(-c2ccc3c(c2)c2cc(N(c4ccccc4)c4ccc(-c5ccc(N(c6ccccc6)c6ccc7c(c6)c6cc(-c8ccc(C=C)cc8)ccc6n7-c6ccccc6)cc5)cc4)ccc2n3-c2ccccc2)cc1. The molecule has 2 aromatic heterocycles. The fourth-order valence-electron chi connectivity index (χ4n) is 11.6. The molecule has 12 aromatic carbocycles. The second-order valence-electron chi connectivity index (χ2n) is 20.3. The maximum Gasteiger partial charge on any atom is 0.0542 e. The first-order chi connectivity index (χ1) is 39.6. The monoisotopic (exact) mass is 1020 g/mol. The molecule has 0 spiro atoms. The van der Waals surface area contributed by atoms with E-state index in [1.165, 1.54) is 43.8 Å². The van der Waals surface area contributed by atoms with E-state index >= 15 is 0 Å². The number of hydrogen-bond donors (Lipinski definition) is 0. The van der Waals surface area contributed by atoms with Crippen molar-refractivity contribution in [1.82, 2.24) is 9.13 Å². The van der Waals surface area contributed by atoms with Gasteiger partial charge in [-0.2, -0.15) is 0 Å². The molecule has 80 heavy (non-hydrogen) atoms. The third-order valence-corrected chi connectivity index (χ3v) is 15.6. The van der Waals surface area contributed by atoms with Gasteiger partial charge in [0.25, 0.3) is 0 Å². The minimum absolute atomic E-state index is 1.07. The fraction of sp³-hybridized carbons (Fsp3) is 0. The van der Waals surface area contributed by atoms with Crippen LogP contribution in [0.25, 0.3) is 101 Å². The largest absolute Gasteiger partial charge is 0.310 e. The Morgan fingerprint density at radius 3 is 0.850 bits per heavy atom. The van der Waals surface area contributed by atoms with Crippen LogP contribution in [0.1, 0.15) is 11.1 Å². The van der Waals surface area contributed by atoms with Crippen LogP contribution in [-0.4, -0.2) is 9.13 Å². The molecule has 4 heteroatoms. The normalized spacial score (nSPS) is 11.3. The van der Waals surface area contributed by atoms with Gasteiger partial charge in [-0.25, -0.2) is 0 Å². The maximum absolute atomic E-state index is 3.97. The predicted octanol–water partition coefficient (Wildman–Crippen LogP) is 21.1. The highest BCUT2D eigenvalue weighted by atomic mass is 15.1. The summed E-state index contributed by atoms with van der Waals surface area (Å²) in [7, 11) is 0. The van der Waals surface area contributed by atoms with E-state index in [1.807, 2.05) is 12.2 Å². The highest BCUT2D eigenvalue weighted by Gasteiger charge is 2.21. The van der Waals surface area contributed by atoms with E-state index in [9.17, 15) is 0 Å². The van der Waals surface area contributed by atoms with Crippen molar-refractivity contribution in [2.75, 3.05) is 9.80 Å². The van der Waals surface area contributed by atoms with Crippen molar-refractivity contribution in [3.8, 4) is 44.8 Å². The minimum atomic E-state index is 1.07. The van der Waals surface area contributed by atoms with Crippen molar-refractivity contribution in [2.45, 2.75) is 0 Å². The molecule has 4 nitrogen and oxygen atoms in total. The standard InChI is InChI=1S/C76H54N4/c1-3-53-25-29-57(30-26-53)59-37-45-73-69(49-59)71-51-67(43-47-75(71)79(73)63-21-13-7-14-22-63)77(61-17-9-5-10-18-61)65-39-33-55(34-40-65)56-35-41-66(42-36-56)78(62-19-11-6-12-20-62)68-44-48-76-72(52-68)70-50-60(58-31-27-54(4-2)28-32-58)38-46-74(70)80(76)64-23-15-8-16-24-64/h3-52H,1-2H2. The molecule has 378 valence electrons. The second kappa shape index (κ2) is 20.4. The van der Waals surface area contributed by atoms with Crippen LogP contribution in [0.4, 0.5) is 34.1 Å². The van der Waals surface area contributed by atoms with E-state index in [1.54, 1.807) is 0 Å². The van der Waals surface area contributed by atoms with Crippen LogP contribution < -0.4 is 9.80 Å². The van der Waals surface area contributed by atoms with Gasteiger partial charge in [-0.15, -0.1) is 0 Å². The lowest BCUT2D eigenvalue weighted by Gasteiger charge is -2.26. The fourth-order valence-corrected chi connectivity index (χ4v) is 11.6.